The Hall–Kier alpha value is -4.06. The van der Waals surface area contributed by atoms with Gasteiger partial charge in [0.05, 0.1) is 28.4 Å². The van der Waals surface area contributed by atoms with Gasteiger partial charge in [-0.05, 0) is 23.8 Å². The molecule has 0 saturated heterocycles. The van der Waals surface area contributed by atoms with Crippen molar-refractivity contribution >= 4 is 16.9 Å². The number of aliphatic hydroxyl groups is 1. The van der Waals surface area contributed by atoms with Crippen LogP contribution in [0.15, 0.2) is 99.4 Å². The fraction of sp³-hybridized carbons (Fsp3) is 0.120. The quantitative estimate of drug-likeness (QED) is 0.495. The Morgan fingerprint density at radius 3 is 2.39 bits per heavy atom. The van der Waals surface area contributed by atoms with E-state index in [2.05, 4.69) is 0 Å². The van der Waals surface area contributed by atoms with Crippen molar-refractivity contribution in [1.82, 2.24) is 0 Å². The van der Waals surface area contributed by atoms with E-state index in [0.717, 1.165) is 0 Å². The van der Waals surface area contributed by atoms with Gasteiger partial charge in [-0.25, -0.2) is 9.59 Å². The maximum absolute atomic E-state index is 13.0. The third-order valence-corrected chi connectivity index (χ3v) is 5.67. The molecule has 0 amide bonds. The lowest BCUT2D eigenvalue weighted by atomic mass is 9.79. The highest BCUT2D eigenvalue weighted by Gasteiger charge is 2.42. The van der Waals surface area contributed by atoms with Gasteiger partial charge in [0, 0.05) is 0 Å². The summed E-state index contributed by atoms with van der Waals surface area (Å²) in [5.41, 5.74) is -0.250. The first-order valence-electron chi connectivity index (χ1n) is 9.85. The zero-order valence-electron chi connectivity index (χ0n) is 16.3. The van der Waals surface area contributed by atoms with Crippen molar-refractivity contribution in [3.05, 3.63) is 112 Å². The van der Waals surface area contributed by atoms with E-state index in [1.165, 1.54) is 0 Å². The number of allylic oxidation sites excluding steroid dienone is 2. The van der Waals surface area contributed by atoms with Gasteiger partial charge >= 0.3 is 11.6 Å². The van der Waals surface area contributed by atoms with Gasteiger partial charge in [-0.2, -0.15) is 0 Å². The van der Waals surface area contributed by atoms with Crippen LogP contribution in [-0.4, -0.2) is 22.3 Å². The Morgan fingerprint density at radius 1 is 0.871 bits per heavy atom. The fourth-order valence-electron chi connectivity index (χ4n) is 4.21. The molecule has 2 aliphatic rings. The minimum absolute atomic E-state index is 0.0923. The van der Waals surface area contributed by atoms with Crippen LogP contribution in [0.25, 0.3) is 11.0 Å². The van der Waals surface area contributed by atoms with Crippen LogP contribution in [0, 0.1) is 5.92 Å². The normalized spacial score (nSPS) is 21.1. The predicted octanol–water partition coefficient (Wildman–Crippen LogP) is 4.11. The molecule has 0 bridgehead atoms. The maximum atomic E-state index is 13.0. The van der Waals surface area contributed by atoms with Crippen molar-refractivity contribution < 1.29 is 24.2 Å². The van der Waals surface area contributed by atoms with Gasteiger partial charge in [-0.1, -0.05) is 60.7 Å². The summed E-state index contributed by atoms with van der Waals surface area (Å²) in [5.74, 6) is -2.88. The molecule has 0 spiro atoms. The molecule has 3 aromatic rings. The number of carbonyl (C=O) groups is 1. The molecule has 6 nitrogen and oxygen atoms in total. The number of esters is 1. The monoisotopic (exact) mass is 414 g/mol. The third kappa shape index (κ3) is 3.04. The number of hydrogen-bond acceptors (Lipinski definition) is 6. The van der Waals surface area contributed by atoms with Crippen LogP contribution in [0.3, 0.4) is 0 Å². The highest BCUT2D eigenvalue weighted by molar-refractivity contribution is 5.94. The van der Waals surface area contributed by atoms with Crippen molar-refractivity contribution in [3.63, 3.8) is 0 Å². The van der Waals surface area contributed by atoms with Crippen LogP contribution in [0.4, 0.5) is 0 Å². The second kappa shape index (κ2) is 7.32. The van der Waals surface area contributed by atoms with E-state index in [1.807, 2.05) is 0 Å². The molecule has 3 unspecified atom stereocenters. The highest BCUT2D eigenvalue weighted by Crippen LogP contribution is 2.43. The van der Waals surface area contributed by atoms with Crippen molar-refractivity contribution in [2.45, 2.75) is 12.0 Å². The Morgan fingerprint density at radius 2 is 1.58 bits per heavy atom. The average molecular weight is 414 g/mol. The summed E-state index contributed by atoms with van der Waals surface area (Å²) >= 11 is 0. The van der Waals surface area contributed by atoms with E-state index in [9.17, 15) is 19.8 Å². The molecule has 3 atom stereocenters. The number of hydrogen-bond donors (Lipinski definition) is 2. The number of carbonyl (C=O) groups excluding carboxylic acids is 1. The third-order valence-electron chi connectivity index (χ3n) is 5.67. The molecule has 5 rings (SSSR count). The molecular weight excluding hydrogens is 396 g/mol. The first-order valence-corrected chi connectivity index (χ1v) is 9.85. The number of para-hydroxylation sites is 1. The lowest BCUT2D eigenvalue weighted by molar-refractivity contribution is -0.146. The molecule has 0 radical (unpaired) electrons. The molecule has 1 aliphatic carbocycles. The zero-order valence-corrected chi connectivity index (χ0v) is 16.3. The number of aliphatic hydroxyl groups excluding tert-OH is 1. The maximum Gasteiger partial charge on any atom is 0.344 e. The summed E-state index contributed by atoms with van der Waals surface area (Å²) in [5, 5.41) is 22.5. The topological polar surface area (TPSA) is 97.0 Å². The van der Waals surface area contributed by atoms with Crippen LogP contribution in [-0.2, 0) is 9.53 Å². The Bertz CT molecular complexity index is 1330. The van der Waals surface area contributed by atoms with Crippen LogP contribution >= 0.6 is 0 Å². The molecular formula is C25H18O6. The summed E-state index contributed by atoms with van der Waals surface area (Å²) in [4.78, 5) is 26.0. The molecule has 154 valence electrons. The molecule has 2 aromatic carbocycles. The Labute approximate surface area is 177 Å². The zero-order chi connectivity index (χ0) is 21.5. The van der Waals surface area contributed by atoms with Crippen LogP contribution < -0.4 is 5.63 Å². The van der Waals surface area contributed by atoms with Crippen molar-refractivity contribution in [2.75, 3.05) is 0 Å². The van der Waals surface area contributed by atoms with Crippen LogP contribution in [0.1, 0.15) is 17.0 Å². The fourth-order valence-corrected chi connectivity index (χ4v) is 4.21. The van der Waals surface area contributed by atoms with Crippen molar-refractivity contribution in [2.24, 2.45) is 5.92 Å². The molecule has 2 heterocycles. The summed E-state index contributed by atoms with van der Waals surface area (Å²) in [6.07, 6.45) is 6.30. The molecule has 2 N–H and O–H groups in total. The summed E-state index contributed by atoms with van der Waals surface area (Å²) in [6.45, 7) is 0. The van der Waals surface area contributed by atoms with Gasteiger partial charge in [0.2, 0.25) is 0 Å². The van der Waals surface area contributed by atoms with E-state index in [1.54, 1.807) is 78.9 Å². The van der Waals surface area contributed by atoms with Gasteiger partial charge < -0.3 is 19.4 Å². The number of ether oxygens (including phenoxy) is 1. The van der Waals surface area contributed by atoms with Gasteiger partial charge in [-0.15, -0.1) is 0 Å². The second-order valence-electron chi connectivity index (χ2n) is 7.46. The smallest absolute Gasteiger partial charge is 0.344 e. The van der Waals surface area contributed by atoms with E-state index in [0.29, 0.717) is 10.9 Å². The number of benzene rings is 2. The summed E-state index contributed by atoms with van der Waals surface area (Å²) < 4.78 is 11.0. The van der Waals surface area contributed by atoms with Crippen LogP contribution in [0.2, 0.25) is 0 Å². The SMILES string of the molecule is O=C1OC2C=CC=CC2C(O)=C1C(c1ccccc1)c1c(O)c2ccccc2oc1=O. The average Bonchev–Trinajstić information content (AvgIpc) is 2.78. The highest BCUT2D eigenvalue weighted by atomic mass is 16.5. The largest absolute Gasteiger partial charge is 0.511 e. The van der Waals surface area contributed by atoms with Gasteiger partial charge in [0.15, 0.2) is 0 Å². The van der Waals surface area contributed by atoms with E-state index < -0.39 is 29.5 Å². The van der Waals surface area contributed by atoms with Crippen molar-refractivity contribution in [3.8, 4) is 5.75 Å². The Kier molecular flexibility index (Phi) is 4.47. The molecule has 6 heteroatoms. The van der Waals surface area contributed by atoms with Crippen LogP contribution in [0.5, 0.6) is 5.75 Å². The lowest BCUT2D eigenvalue weighted by Crippen LogP contribution is -2.36. The van der Waals surface area contributed by atoms with E-state index in [-0.39, 0.29) is 28.2 Å². The van der Waals surface area contributed by atoms with Crippen molar-refractivity contribution in [1.29, 1.82) is 0 Å². The van der Waals surface area contributed by atoms with Gasteiger partial charge in [0.1, 0.15) is 23.2 Å². The lowest BCUT2D eigenvalue weighted by Gasteiger charge is -2.33. The standard InChI is InChI=1S/C25H18O6/c26-22-15-10-4-6-12-17(15)30-24(28)20(22)19(14-8-2-1-3-9-14)21-23(27)16-11-5-7-13-18(16)31-25(21)29/h1-13,15,17,19,26-27H. The van der Waals surface area contributed by atoms with Gasteiger partial charge in [0.25, 0.3) is 0 Å². The molecule has 0 fully saturated rings. The second-order valence-corrected chi connectivity index (χ2v) is 7.46. The molecule has 0 saturated carbocycles. The van der Waals surface area contributed by atoms with E-state index >= 15 is 0 Å². The molecule has 1 aromatic heterocycles. The molecule has 1 aliphatic heterocycles. The minimum atomic E-state index is -1.07. The Balaban J connectivity index is 1.81. The van der Waals surface area contributed by atoms with Gasteiger partial charge in [-0.3, -0.25) is 0 Å². The predicted molar refractivity (Wildman–Crippen MR) is 114 cm³/mol. The molecule has 31 heavy (non-hydrogen) atoms. The number of rotatable bonds is 3. The minimum Gasteiger partial charge on any atom is -0.511 e. The van der Waals surface area contributed by atoms with E-state index in [4.69, 9.17) is 9.15 Å². The number of fused-ring (bicyclic) bond motifs is 2. The first-order chi connectivity index (χ1) is 15.1. The summed E-state index contributed by atoms with van der Waals surface area (Å²) in [7, 11) is 0. The summed E-state index contributed by atoms with van der Waals surface area (Å²) in [6, 6.07) is 15.3. The number of aromatic hydroxyl groups is 1. The first kappa shape index (κ1) is 18.9.